The Kier molecular flexibility index (Phi) is 25.3. The van der Waals surface area contributed by atoms with Crippen LogP contribution in [0, 0.1) is 16.2 Å². The van der Waals surface area contributed by atoms with Gasteiger partial charge in [0.25, 0.3) is 0 Å². The molecule has 6 heteroatoms. The van der Waals surface area contributed by atoms with E-state index in [1.165, 1.54) is 109 Å². The molecule has 3 aliphatic rings. The summed E-state index contributed by atoms with van der Waals surface area (Å²) in [6.07, 6.45) is 45.0. The molecule has 360 valence electrons. The topological polar surface area (TPSA) is 112 Å². The summed E-state index contributed by atoms with van der Waals surface area (Å²) in [5.41, 5.74) is 15.3. The summed E-state index contributed by atoms with van der Waals surface area (Å²) in [4.78, 5) is 31.6. The fraction of sp³-hybridized carbons (Fsp3) is 0.450. The van der Waals surface area contributed by atoms with Crippen molar-refractivity contribution in [3.05, 3.63) is 176 Å². The largest absolute Gasteiger partial charge is 0.478 e. The molecule has 0 amide bonds. The Labute approximate surface area is 400 Å². The second-order valence-electron chi connectivity index (χ2n) is 20.3. The fourth-order valence-electron chi connectivity index (χ4n) is 8.63. The van der Waals surface area contributed by atoms with Crippen LogP contribution in [0.15, 0.2) is 176 Å². The first-order valence-corrected chi connectivity index (χ1v) is 23.6. The van der Waals surface area contributed by atoms with Crippen molar-refractivity contribution in [2.45, 2.75) is 162 Å². The van der Waals surface area contributed by atoms with E-state index in [1.807, 2.05) is 36.5 Å². The molecule has 0 spiro atoms. The maximum Gasteiger partial charge on any atom is 0.328 e. The molecule has 6 nitrogen and oxygen atoms in total. The Balaban J connectivity index is 0.000000495. The van der Waals surface area contributed by atoms with Crippen LogP contribution >= 0.6 is 0 Å². The van der Waals surface area contributed by atoms with Crippen LogP contribution in [0.5, 0.6) is 0 Å². The first kappa shape index (κ1) is 58.5. The lowest BCUT2D eigenvalue weighted by atomic mass is 9.72. The minimum atomic E-state index is -0.912. The van der Waals surface area contributed by atoms with E-state index in [9.17, 15) is 14.4 Å². The van der Waals surface area contributed by atoms with Crippen molar-refractivity contribution in [1.82, 2.24) is 0 Å². The number of carboxylic acid groups (broad SMARTS) is 3. The van der Waals surface area contributed by atoms with E-state index in [1.54, 1.807) is 39.0 Å². The lowest BCUT2D eigenvalue weighted by Crippen LogP contribution is -2.19. The molecule has 66 heavy (non-hydrogen) atoms. The van der Waals surface area contributed by atoms with Crippen molar-refractivity contribution in [2.75, 3.05) is 0 Å². The monoisotopic (exact) mass is 901 g/mol. The van der Waals surface area contributed by atoms with Crippen molar-refractivity contribution in [1.29, 1.82) is 0 Å². The average molecular weight is 901 g/mol. The first-order valence-electron chi connectivity index (χ1n) is 23.6. The second kappa shape index (κ2) is 28.5. The number of carboxylic acids is 3. The normalized spacial score (nSPS) is 20.2. The van der Waals surface area contributed by atoms with Gasteiger partial charge in [-0.1, -0.05) is 166 Å². The minimum absolute atomic E-state index is 0.260. The summed E-state index contributed by atoms with van der Waals surface area (Å²) in [6.45, 7) is 32.1. The third-order valence-electron chi connectivity index (χ3n) is 12.4. The van der Waals surface area contributed by atoms with Crippen LogP contribution in [0.3, 0.4) is 0 Å². The Morgan fingerprint density at radius 1 is 0.394 bits per heavy atom. The molecule has 3 aliphatic carbocycles. The van der Waals surface area contributed by atoms with Crippen molar-refractivity contribution < 1.29 is 29.7 Å². The van der Waals surface area contributed by atoms with Gasteiger partial charge in [0, 0.05) is 18.2 Å². The summed E-state index contributed by atoms with van der Waals surface area (Å²) in [6, 6.07) is 0. The smallest absolute Gasteiger partial charge is 0.328 e. The first-order chi connectivity index (χ1) is 30.7. The van der Waals surface area contributed by atoms with Crippen LogP contribution in [-0.4, -0.2) is 33.2 Å². The van der Waals surface area contributed by atoms with Crippen molar-refractivity contribution >= 4 is 17.9 Å². The van der Waals surface area contributed by atoms with Gasteiger partial charge in [-0.2, -0.15) is 0 Å². The molecule has 0 aromatic heterocycles. The second-order valence-corrected chi connectivity index (χ2v) is 20.3. The fourth-order valence-corrected chi connectivity index (χ4v) is 8.63. The zero-order chi connectivity index (χ0) is 50.3. The van der Waals surface area contributed by atoms with E-state index in [4.69, 9.17) is 15.3 Å². The summed E-state index contributed by atoms with van der Waals surface area (Å²) < 4.78 is 0. The zero-order valence-corrected chi connectivity index (χ0v) is 43.3. The molecule has 0 saturated heterocycles. The number of carbonyl (C=O) groups is 3. The lowest BCUT2D eigenvalue weighted by molar-refractivity contribution is -0.132. The SMILES string of the molecule is CC1=C(/C=C/C(C)=C/C=C/C(C)=C\C(=O)O)C(C)(C)CCC1.CC1=C(/C=C/C(C)=C/C=C/C(C)=C\C(=O)O)C(C)(C)CCC1.CC1=C(/C=C/C(C)=C/C=C/C(C)=C\C(=O)O)C(C)(C)CCC1. The van der Waals surface area contributed by atoms with Crippen LogP contribution in [0.4, 0.5) is 0 Å². The Morgan fingerprint density at radius 2 is 0.621 bits per heavy atom. The highest BCUT2D eigenvalue weighted by atomic mass is 16.4. The molecule has 0 aromatic rings. The van der Waals surface area contributed by atoms with Gasteiger partial charge >= 0.3 is 17.9 Å². The van der Waals surface area contributed by atoms with Gasteiger partial charge in [-0.15, -0.1) is 0 Å². The van der Waals surface area contributed by atoms with Crippen LogP contribution in [-0.2, 0) is 14.4 Å². The highest BCUT2D eigenvalue weighted by Crippen LogP contribution is 2.43. The summed E-state index contributed by atoms with van der Waals surface area (Å²) in [5, 5.41) is 26.0. The number of hydrogen-bond donors (Lipinski definition) is 3. The summed E-state index contributed by atoms with van der Waals surface area (Å²) in [5.74, 6) is -2.74. The lowest BCUT2D eigenvalue weighted by Gasteiger charge is -2.33. The van der Waals surface area contributed by atoms with E-state index >= 15 is 0 Å². The van der Waals surface area contributed by atoms with E-state index in [0.717, 1.165) is 33.4 Å². The quantitative estimate of drug-likeness (QED) is 0.111. The molecule has 0 aliphatic heterocycles. The van der Waals surface area contributed by atoms with Gasteiger partial charge in [0.1, 0.15) is 0 Å². The number of hydrogen-bond acceptors (Lipinski definition) is 3. The predicted octanol–water partition coefficient (Wildman–Crippen LogP) is 16.8. The maximum atomic E-state index is 10.5. The molecule has 0 unspecified atom stereocenters. The summed E-state index contributed by atoms with van der Waals surface area (Å²) >= 11 is 0. The molecule has 0 fully saturated rings. The van der Waals surface area contributed by atoms with Gasteiger partial charge in [0.05, 0.1) is 0 Å². The van der Waals surface area contributed by atoms with E-state index < -0.39 is 17.9 Å². The molecular formula is C60H84O6. The van der Waals surface area contributed by atoms with E-state index in [-0.39, 0.29) is 16.2 Å². The Bertz CT molecular complexity index is 1950. The standard InChI is InChI=1S/3C20H28O2/c3*1-15(8-6-9-16(2)14-19(21)22)11-12-18-17(3)10-7-13-20(18,4)5/h3*6,8-9,11-12,14H,7,10,13H2,1-5H3,(H,21,22)/b3*9-6+,12-11+,15-8+,16-14-. The third kappa shape index (κ3) is 23.6. The van der Waals surface area contributed by atoms with Crippen LogP contribution in [0.2, 0.25) is 0 Å². The van der Waals surface area contributed by atoms with Crippen LogP contribution in [0.25, 0.3) is 0 Å². The van der Waals surface area contributed by atoms with Gasteiger partial charge in [0.15, 0.2) is 0 Å². The van der Waals surface area contributed by atoms with Crippen molar-refractivity contribution in [3.63, 3.8) is 0 Å². The summed E-state index contributed by atoms with van der Waals surface area (Å²) in [7, 11) is 0. The number of allylic oxidation sites excluding steroid dienone is 27. The number of aliphatic carboxylic acids is 3. The van der Waals surface area contributed by atoms with Gasteiger partial charge in [-0.25, -0.2) is 14.4 Å². The van der Waals surface area contributed by atoms with Gasteiger partial charge < -0.3 is 15.3 Å². The van der Waals surface area contributed by atoms with Crippen LogP contribution in [0.1, 0.15) is 162 Å². The molecule has 0 saturated carbocycles. The van der Waals surface area contributed by atoms with E-state index in [2.05, 4.69) is 120 Å². The van der Waals surface area contributed by atoms with Gasteiger partial charge in [-0.3, -0.25) is 0 Å². The highest BCUT2D eigenvalue weighted by molar-refractivity contribution is 5.82. The molecule has 0 radical (unpaired) electrons. The Hall–Kier alpha value is -5.49. The molecule has 0 atom stereocenters. The van der Waals surface area contributed by atoms with Gasteiger partial charge in [0.2, 0.25) is 0 Å². The van der Waals surface area contributed by atoms with Crippen molar-refractivity contribution in [2.24, 2.45) is 16.2 Å². The molecule has 0 aromatic carbocycles. The third-order valence-corrected chi connectivity index (χ3v) is 12.4. The molecule has 0 heterocycles. The van der Waals surface area contributed by atoms with Crippen molar-refractivity contribution in [3.8, 4) is 0 Å². The predicted molar refractivity (Wildman–Crippen MR) is 281 cm³/mol. The highest BCUT2D eigenvalue weighted by Gasteiger charge is 2.28. The molecule has 0 bridgehead atoms. The minimum Gasteiger partial charge on any atom is -0.478 e. The molecule has 3 rings (SSSR count). The maximum absolute atomic E-state index is 10.5. The van der Waals surface area contributed by atoms with Gasteiger partial charge in [-0.05, 0) is 170 Å². The number of rotatable bonds is 15. The molecule has 3 N–H and O–H groups in total. The molecular weight excluding hydrogens is 817 g/mol. The Morgan fingerprint density at radius 3 is 0.818 bits per heavy atom. The van der Waals surface area contributed by atoms with E-state index in [0.29, 0.717) is 0 Å². The average Bonchev–Trinajstić information content (AvgIpc) is 3.16. The van der Waals surface area contributed by atoms with Crippen LogP contribution < -0.4 is 0 Å². The zero-order valence-electron chi connectivity index (χ0n) is 43.3.